The summed E-state index contributed by atoms with van der Waals surface area (Å²) in [5.41, 5.74) is 4.57. The molecule has 0 radical (unpaired) electrons. The molecule has 6 heteroatoms. The van der Waals surface area contributed by atoms with Crippen molar-refractivity contribution in [3.8, 4) is 11.5 Å². The van der Waals surface area contributed by atoms with E-state index >= 15 is 0 Å². The van der Waals surface area contributed by atoms with Crippen LogP contribution in [0.5, 0.6) is 11.5 Å². The number of carbonyl (C=O) groups is 1. The summed E-state index contributed by atoms with van der Waals surface area (Å²) >= 11 is 3.50. The molecular formula is C22H27BrN2O3. The highest BCUT2D eigenvalue weighted by Gasteiger charge is 2.15. The monoisotopic (exact) mass is 446 g/mol. The van der Waals surface area contributed by atoms with Crippen molar-refractivity contribution in [1.82, 2.24) is 5.43 Å². The van der Waals surface area contributed by atoms with E-state index in [1.807, 2.05) is 42.5 Å². The molecule has 1 N–H and O–H groups in total. The molecule has 0 unspecified atom stereocenters. The Balaban J connectivity index is 1.82. The van der Waals surface area contributed by atoms with Gasteiger partial charge in [0.2, 0.25) is 0 Å². The summed E-state index contributed by atoms with van der Waals surface area (Å²) in [7, 11) is 0. The fourth-order valence-corrected chi connectivity index (χ4v) is 2.80. The Bertz CT molecular complexity index is 812. The molecule has 2 aromatic rings. The first kappa shape index (κ1) is 22.0. The van der Waals surface area contributed by atoms with Crippen molar-refractivity contribution in [3.05, 3.63) is 58.1 Å². The summed E-state index contributed by atoms with van der Waals surface area (Å²) in [6.07, 6.45) is 2.55. The van der Waals surface area contributed by atoms with E-state index in [9.17, 15) is 4.79 Å². The highest BCUT2D eigenvalue weighted by atomic mass is 79.9. The summed E-state index contributed by atoms with van der Waals surface area (Å²) in [6.45, 7) is 9.08. The largest absolute Gasteiger partial charge is 0.494 e. The van der Waals surface area contributed by atoms with Crippen LogP contribution in [0.25, 0.3) is 0 Å². The number of halogens is 1. The van der Waals surface area contributed by atoms with Gasteiger partial charge in [0.05, 0.1) is 17.3 Å². The second-order valence-electron chi connectivity index (χ2n) is 7.39. The number of benzene rings is 2. The molecule has 2 rings (SSSR count). The maximum absolute atomic E-state index is 11.9. The number of hydrogen-bond donors (Lipinski definition) is 1. The van der Waals surface area contributed by atoms with Gasteiger partial charge in [-0.3, -0.25) is 4.79 Å². The van der Waals surface area contributed by atoms with Crippen LogP contribution < -0.4 is 14.9 Å². The van der Waals surface area contributed by atoms with Gasteiger partial charge in [-0.05, 0) is 75.3 Å². The lowest BCUT2D eigenvalue weighted by atomic mass is 9.87. The minimum atomic E-state index is -0.328. The molecule has 0 bridgehead atoms. The predicted octanol–water partition coefficient (Wildman–Crippen LogP) is 5.06. The van der Waals surface area contributed by atoms with E-state index < -0.39 is 0 Å². The number of rotatable bonds is 8. The maximum atomic E-state index is 11.9. The minimum absolute atomic E-state index is 0.0491. The van der Waals surface area contributed by atoms with Crippen LogP contribution in [-0.2, 0) is 10.2 Å². The van der Waals surface area contributed by atoms with Crippen molar-refractivity contribution in [2.75, 3.05) is 13.2 Å². The Morgan fingerprint density at radius 3 is 2.46 bits per heavy atom. The number of hydrogen-bond acceptors (Lipinski definition) is 4. The van der Waals surface area contributed by atoms with Crippen LogP contribution in [0.3, 0.4) is 0 Å². The van der Waals surface area contributed by atoms with Gasteiger partial charge in [0.25, 0.3) is 5.91 Å². The van der Waals surface area contributed by atoms with Gasteiger partial charge in [-0.1, -0.05) is 33.8 Å². The van der Waals surface area contributed by atoms with Gasteiger partial charge < -0.3 is 9.47 Å². The third kappa shape index (κ3) is 7.00. The number of nitrogens with one attached hydrogen (secondary N) is 1. The third-order valence-corrected chi connectivity index (χ3v) is 4.53. The van der Waals surface area contributed by atoms with Crippen LogP contribution in [0.1, 0.15) is 45.2 Å². The Morgan fingerprint density at radius 2 is 1.86 bits per heavy atom. The van der Waals surface area contributed by atoms with Crippen LogP contribution in [0.2, 0.25) is 0 Å². The van der Waals surface area contributed by atoms with Gasteiger partial charge in [0.1, 0.15) is 11.5 Å². The maximum Gasteiger partial charge on any atom is 0.277 e. The molecule has 5 nitrogen and oxygen atoms in total. The molecular weight excluding hydrogens is 420 g/mol. The SMILES string of the molecule is CCCOc1ccc(/C=N/NC(=O)COc2ccc(C(C)(C)C)cc2Br)cc1. The van der Waals surface area contributed by atoms with Crippen LogP contribution in [0, 0.1) is 0 Å². The smallest absolute Gasteiger partial charge is 0.277 e. The lowest BCUT2D eigenvalue weighted by molar-refractivity contribution is -0.123. The first-order valence-electron chi connectivity index (χ1n) is 9.27. The van der Waals surface area contributed by atoms with Gasteiger partial charge in [-0.15, -0.1) is 0 Å². The average Bonchev–Trinajstić information content (AvgIpc) is 2.65. The van der Waals surface area contributed by atoms with E-state index in [1.165, 1.54) is 5.56 Å². The molecule has 28 heavy (non-hydrogen) atoms. The molecule has 0 aliphatic rings. The second kappa shape index (κ2) is 10.3. The predicted molar refractivity (Wildman–Crippen MR) is 116 cm³/mol. The van der Waals surface area contributed by atoms with Gasteiger partial charge in [0.15, 0.2) is 6.61 Å². The molecule has 0 saturated carbocycles. The number of amides is 1. The van der Waals surface area contributed by atoms with Crippen molar-refractivity contribution in [1.29, 1.82) is 0 Å². The molecule has 0 fully saturated rings. The fraction of sp³-hybridized carbons (Fsp3) is 0.364. The quantitative estimate of drug-likeness (QED) is 0.454. The van der Waals surface area contributed by atoms with Crippen molar-refractivity contribution < 1.29 is 14.3 Å². The van der Waals surface area contributed by atoms with Gasteiger partial charge in [-0.25, -0.2) is 5.43 Å². The standard InChI is InChI=1S/C22H27BrN2O3/c1-5-12-27-18-9-6-16(7-10-18)14-24-25-21(26)15-28-20-11-8-17(13-19(20)23)22(2,3)4/h6-11,13-14H,5,12,15H2,1-4H3,(H,25,26)/b24-14+. The molecule has 150 valence electrons. The summed E-state index contributed by atoms with van der Waals surface area (Å²) in [5, 5.41) is 3.96. The first-order chi connectivity index (χ1) is 13.3. The molecule has 0 atom stereocenters. The average molecular weight is 447 g/mol. The summed E-state index contributed by atoms with van der Waals surface area (Å²) in [6, 6.07) is 13.4. The van der Waals surface area contributed by atoms with E-state index in [0.29, 0.717) is 12.4 Å². The molecule has 1 amide bonds. The van der Waals surface area contributed by atoms with E-state index in [4.69, 9.17) is 9.47 Å². The van der Waals surface area contributed by atoms with Crippen molar-refractivity contribution >= 4 is 28.1 Å². The van der Waals surface area contributed by atoms with Crippen molar-refractivity contribution in [2.45, 2.75) is 39.5 Å². The van der Waals surface area contributed by atoms with E-state index in [2.05, 4.69) is 54.2 Å². The highest BCUT2D eigenvalue weighted by molar-refractivity contribution is 9.10. The first-order valence-corrected chi connectivity index (χ1v) is 10.1. The number of ether oxygens (including phenoxy) is 2. The molecule has 0 aliphatic heterocycles. The van der Waals surface area contributed by atoms with E-state index in [0.717, 1.165) is 22.2 Å². The zero-order valence-corrected chi connectivity index (χ0v) is 18.4. The Kier molecular flexibility index (Phi) is 8.05. The van der Waals surface area contributed by atoms with Gasteiger partial charge in [-0.2, -0.15) is 5.10 Å². The van der Waals surface area contributed by atoms with Crippen LogP contribution in [0.4, 0.5) is 0 Å². The number of carbonyl (C=O) groups excluding carboxylic acids is 1. The van der Waals surface area contributed by atoms with Crippen LogP contribution in [0.15, 0.2) is 52.0 Å². The lowest BCUT2D eigenvalue weighted by Crippen LogP contribution is -2.24. The lowest BCUT2D eigenvalue weighted by Gasteiger charge is -2.20. The fourth-order valence-electron chi connectivity index (χ4n) is 2.31. The molecule has 0 aromatic heterocycles. The van der Waals surface area contributed by atoms with Gasteiger partial charge >= 0.3 is 0 Å². The minimum Gasteiger partial charge on any atom is -0.494 e. The zero-order valence-electron chi connectivity index (χ0n) is 16.8. The third-order valence-electron chi connectivity index (χ3n) is 3.91. The molecule has 0 aliphatic carbocycles. The molecule has 0 saturated heterocycles. The highest BCUT2D eigenvalue weighted by Crippen LogP contribution is 2.31. The van der Waals surface area contributed by atoms with E-state index in [1.54, 1.807) is 6.21 Å². The Labute approximate surface area is 175 Å². The normalized spacial score (nSPS) is 11.5. The zero-order chi connectivity index (χ0) is 20.6. The van der Waals surface area contributed by atoms with Crippen LogP contribution in [-0.4, -0.2) is 25.3 Å². The van der Waals surface area contributed by atoms with Crippen molar-refractivity contribution in [3.63, 3.8) is 0 Å². The number of hydrazone groups is 1. The molecule has 0 spiro atoms. The van der Waals surface area contributed by atoms with E-state index in [-0.39, 0.29) is 17.9 Å². The molecule has 2 aromatic carbocycles. The van der Waals surface area contributed by atoms with Gasteiger partial charge in [0, 0.05) is 0 Å². The Morgan fingerprint density at radius 1 is 1.14 bits per heavy atom. The molecule has 0 heterocycles. The second-order valence-corrected chi connectivity index (χ2v) is 8.25. The summed E-state index contributed by atoms with van der Waals surface area (Å²) < 4.78 is 11.9. The van der Waals surface area contributed by atoms with Crippen molar-refractivity contribution in [2.24, 2.45) is 5.10 Å². The summed E-state index contributed by atoms with van der Waals surface area (Å²) in [5.74, 6) is 1.11. The Hall–Kier alpha value is -2.34. The number of nitrogens with zero attached hydrogens (tertiary/aromatic N) is 1. The summed E-state index contributed by atoms with van der Waals surface area (Å²) in [4.78, 5) is 11.9. The topological polar surface area (TPSA) is 59.9 Å². The van der Waals surface area contributed by atoms with Crippen LogP contribution >= 0.6 is 15.9 Å².